The number of carbonyl (C=O) groups excluding carboxylic acids is 1. The first-order valence-electron chi connectivity index (χ1n) is 12.2. The lowest BCUT2D eigenvalue weighted by atomic mass is 10.2. The van der Waals surface area contributed by atoms with Crippen molar-refractivity contribution in [1.82, 2.24) is 19.9 Å². The van der Waals surface area contributed by atoms with Gasteiger partial charge in [-0.25, -0.2) is 19.2 Å². The molecule has 3 heterocycles. The average Bonchev–Trinajstić information content (AvgIpc) is 3.54. The second kappa shape index (κ2) is 11.9. The van der Waals surface area contributed by atoms with Crippen molar-refractivity contribution in [2.45, 2.75) is 25.5 Å². The standard InChI is InChI=1S/C28H25ClFN5O3S/c1-34(2)28(36)38-35-12-4-7-21(35)9-10-22-15-23-26(31-17-32-27(23)39-22)33-20-8-11-25(24(29)14-20)37-16-18-5-3-6-19(30)13-18/h3,5-6,8,11,13-15,17,21H,4,7,12,16H2,1-2H3,(H,31,32,33)/t21-/m1/s1. The SMILES string of the molecule is CN(C)C(=O)ON1CCC[C@@H]1C#Cc1cc2c(Nc3ccc(OCc4cccc(F)c4)c(Cl)c3)ncnc2s1. The molecule has 2 aromatic heterocycles. The van der Waals surface area contributed by atoms with Gasteiger partial charge in [0.25, 0.3) is 0 Å². The number of nitrogens with zero attached hydrogens (tertiary/aromatic N) is 4. The summed E-state index contributed by atoms with van der Waals surface area (Å²) in [5.74, 6) is 7.24. The number of aromatic nitrogens is 2. The second-order valence-electron chi connectivity index (χ2n) is 9.06. The first-order chi connectivity index (χ1) is 18.9. The Kier molecular flexibility index (Phi) is 8.12. The van der Waals surface area contributed by atoms with Crippen molar-refractivity contribution in [2.75, 3.05) is 26.0 Å². The zero-order valence-electron chi connectivity index (χ0n) is 21.3. The number of thiophene rings is 1. The van der Waals surface area contributed by atoms with E-state index in [2.05, 4.69) is 27.1 Å². The van der Waals surface area contributed by atoms with Crippen molar-refractivity contribution in [2.24, 2.45) is 0 Å². The Morgan fingerprint density at radius 3 is 2.92 bits per heavy atom. The Balaban J connectivity index is 1.28. The first kappa shape index (κ1) is 26.7. The summed E-state index contributed by atoms with van der Waals surface area (Å²) in [7, 11) is 3.29. The smallest absolute Gasteiger partial charge is 0.428 e. The largest absolute Gasteiger partial charge is 0.487 e. The highest BCUT2D eigenvalue weighted by Crippen LogP contribution is 2.33. The first-order valence-corrected chi connectivity index (χ1v) is 13.4. The Hall–Kier alpha value is -3.91. The molecule has 39 heavy (non-hydrogen) atoms. The maximum atomic E-state index is 13.4. The molecule has 1 saturated heterocycles. The second-order valence-corrected chi connectivity index (χ2v) is 10.5. The minimum atomic E-state index is -0.414. The molecule has 1 amide bonds. The number of halogens is 2. The summed E-state index contributed by atoms with van der Waals surface area (Å²) in [5.41, 5.74) is 1.43. The summed E-state index contributed by atoms with van der Waals surface area (Å²) in [6.07, 6.45) is 2.82. The van der Waals surface area contributed by atoms with Gasteiger partial charge < -0.3 is 19.8 Å². The summed E-state index contributed by atoms with van der Waals surface area (Å²) in [5, 5.41) is 6.18. The molecule has 0 radical (unpaired) electrons. The number of hydrogen-bond acceptors (Lipinski definition) is 8. The Morgan fingerprint density at radius 1 is 1.26 bits per heavy atom. The van der Waals surface area contributed by atoms with Gasteiger partial charge in [-0.1, -0.05) is 35.6 Å². The number of ether oxygens (including phenoxy) is 1. The lowest BCUT2D eigenvalue weighted by Crippen LogP contribution is -2.35. The Labute approximate surface area is 234 Å². The number of nitrogens with one attached hydrogen (secondary N) is 1. The third-order valence-corrected chi connectivity index (χ3v) is 7.19. The number of hydrogen-bond donors (Lipinski definition) is 1. The number of hydroxylamine groups is 2. The highest BCUT2D eigenvalue weighted by Gasteiger charge is 2.27. The highest BCUT2D eigenvalue weighted by atomic mass is 35.5. The number of benzene rings is 2. The predicted octanol–water partition coefficient (Wildman–Crippen LogP) is 6.24. The fraction of sp³-hybridized carbons (Fsp3) is 0.250. The van der Waals surface area contributed by atoms with Crippen LogP contribution in [0, 0.1) is 17.7 Å². The molecule has 2 aromatic carbocycles. The van der Waals surface area contributed by atoms with Gasteiger partial charge in [-0.15, -0.1) is 16.4 Å². The van der Waals surface area contributed by atoms with Gasteiger partial charge in [0.1, 0.15) is 41.2 Å². The van der Waals surface area contributed by atoms with E-state index in [0.717, 1.165) is 33.6 Å². The lowest BCUT2D eigenvalue weighted by molar-refractivity contribution is -0.106. The summed E-state index contributed by atoms with van der Waals surface area (Å²) in [6, 6.07) is 13.3. The van der Waals surface area contributed by atoms with E-state index >= 15 is 0 Å². The van der Waals surface area contributed by atoms with E-state index in [4.69, 9.17) is 21.2 Å². The summed E-state index contributed by atoms with van der Waals surface area (Å²) < 4.78 is 19.2. The van der Waals surface area contributed by atoms with Crippen molar-refractivity contribution in [3.63, 3.8) is 0 Å². The topological polar surface area (TPSA) is 79.8 Å². The maximum Gasteiger partial charge on any atom is 0.428 e. The molecule has 1 aliphatic rings. The molecule has 8 nitrogen and oxygen atoms in total. The van der Waals surface area contributed by atoms with E-state index in [1.54, 1.807) is 43.4 Å². The van der Waals surface area contributed by atoms with Crippen LogP contribution in [0.1, 0.15) is 23.3 Å². The summed E-state index contributed by atoms with van der Waals surface area (Å²) >= 11 is 7.92. The van der Waals surface area contributed by atoms with Crippen LogP contribution in [0.25, 0.3) is 10.2 Å². The van der Waals surface area contributed by atoms with Crippen molar-refractivity contribution in [3.8, 4) is 17.6 Å². The average molecular weight is 566 g/mol. The monoisotopic (exact) mass is 565 g/mol. The van der Waals surface area contributed by atoms with Gasteiger partial charge in [0, 0.05) is 26.3 Å². The van der Waals surface area contributed by atoms with Crippen LogP contribution >= 0.6 is 22.9 Å². The van der Waals surface area contributed by atoms with Crippen LogP contribution in [-0.2, 0) is 11.4 Å². The van der Waals surface area contributed by atoms with Gasteiger partial charge in [-0.2, -0.15) is 0 Å². The van der Waals surface area contributed by atoms with E-state index in [1.165, 1.54) is 34.7 Å². The number of fused-ring (bicyclic) bond motifs is 1. The molecule has 4 aromatic rings. The third kappa shape index (κ3) is 6.57. The minimum Gasteiger partial charge on any atom is -0.487 e. The number of anilines is 2. The fourth-order valence-corrected chi connectivity index (χ4v) is 5.06. The fourth-order valence-electron chi connectivity index (χ4n) is 3.97. The van der Waals surface area contributed by atoms with Gasteiger partial charge in [-0.05, 0) is 54.8 Å². The minimum absolute atomic E-state index is 0.161. The third-order valence-electron chi connectivity index (χ3n) is 5.93. The van der Waals surface area contributed by atoms with Crippen LogP contribution in [0.15, 0.2) is 54.9 Å². The molecule has 0 spiro atoms. The van der Waals surface area contributed by atoms with Crippen LogP contribution in [0.3, 0.4) is 0 Å². The van der Waals surface area contributed by atoms with E-state index in [9.17, 15) is 9.18 Å². The number of rotatable bonds is 6. The zero-order valence-corrected chi connectivity index (χ0v) is 22.9. The van der Waals surface area contributed by atoms with Crippen molar-refractivity contribution in [1.29, 1.82) is 0 Å². The van der Waals surface area contributed by atoms with Crippen LogP contribution < -0.4 is 10.1 Å². The Bertz CT molecular complexity index is 1570. The molecule has 1 N–H and O–H groups in total. The normalized spacial score (nSPS) is 15.0. The number of amides is 1. The van der Waals surface area contributed by atoms with Gasteiger partial charge >= 0.3 is 6.09 Å². The summed E-state index contributed by atoms with van der Waals surface area (Å²) in [6.45, 7) is 0.855. The van der Waals surface area contributed by atoms with E-state index in [-0.39, 0.29) is 18.5 Å². The van der Waals surface area contributed by atoms with Crippen molar-refractivity contribution < 1.29 is 18.8 Å². The highest BCUT2D eigenvalue weighted by molar-refractivity contribution is 7.19. The quantitative estimate of drug-likeness (QED) is 0.277. The molecule has 1 atom stereocenters. The number of carbonyl (C=O) groups is 1. The maximum absolute atomic E-state index is 13.4. The zero-order chi connectivity index (χ0) is 27.4. The van der Waals surface area contributed by atoms with E-state index in [0.29, 0.717) is 28.7 Å². The molecule has 5 rings (SSSR count). The van der Waals surface area contributed by atoms with E-state index < -0.39 is 6.09 Å². The van der Waals surface area contributed by atoms with E-state index in [1.807, 2.05) is 12.1 Å². The Morgan fingerprint density at radius 2 is 2.13 bits per heavy atom. The van der Waals surface area contributed by atoms with Crippen LogP contribution in [-0.4, -0.2) is 52.7 Å². The molecule has 0 saturated carbocycles. The summed E-state index contributed by atoms with van der Waals surface area (Å²) in [4.78, 5) is 29.2. The van der Waals surface area contributed by atoms with Crippen molar-refractivity contribution >= 4 is 50.8 Å². The molecule has 200 valence electrons. The molecular formula is C28H25ClFN5O3S. The van der Waals surface area contributed by atoms with Gasteiger partial charge in [-0.3, -0.25) is 0 Å². The molecule has 1 fully saturated rings. The molecule has 0 bridgehead atoms. The predicted molar refractivity (Wildman–Crippen MR) is 150 cm³/mol. The van der Waals surface area contributed by atoms with Crippen LogP contribution in [0.5, 0.6) is 5.75 Å². The van der Waals surface area contributed by atoms with Crippen LogP contribution in [0.4, 0.5) is 20.7 Å². The molecular weight excluding hydrogens is 541 g/mol. The van der Waals surface area contributed by atoms with Crippen molar-refractivity contribution in [3.05, 3.63) is 76.1 Å². The molecule has 1 aliphatic heterocycles. The van der Waals surface area contributed by atoms with Crippen LogP contribution in [0.2, 0.25) is 5.02 Å². The molecule has 0 unspecified atom stereocenters. The van der Waals surface area contributed by atoms with Gasteiger partial charge in [0.15, 0.2) is 0 Å². The molecule has 11 heteroatoms. The van der Waals surface area contributed by atoms with Gasteiger partial charge in [0.2, 0.25) is 0 Å². The lowest BCUT2D eigenvalue weighted by Gasteiger charge is -2.21. The molecule has 0 aliphatic carbocycles. The van der Waals surface area contributed by atoms with Gasteiger partial charge in [0.05, 0.1) is 15.3 Å².